The van der Waals surface area contributed by atoms with Gasteiger partial charge in [0.25, 0.3) is 9.05 Å². The lowest BCUT2D eigenvalue weighted by Crippen LogP contribution is -1.90. The first-order chi connectivity index (χ1) is 7.02. The van der Waals surface area contributed by atoms with Gasteiger partial charge in [-0.25, -0.2) is 13.4 Å². The van der Waals surface area contributed by atoms with Gasteiger partial charge in [0, 0.05) is 28.3 Å². The van der Waals surface area contributed by atoms with Crippen LogP contribution in [-0.4, -0.2) is 25.5 Å². The van der Waals surface area contributed by atoms with Crippen molar-refractivity contribution in [1.82, 2.24) is 9.97 Å². The van der Waals surface area contributed by atoms with Crippen LogP contribution in [0.4, 0.5) is 0 Å². The van der Waals surface area contributed by atoms with Crippen molar-refractivity contribution in [3.8, 4) is 5.88 Å². The number of rotatable bonds is 2. The molecule has 0 fully saturated rings. The molecule has 2 aromatic rings. The lowest BCUT2D eigenvalue weighted by atomic mass is 10.3. The summed E-state index contributed by atoms with van der Waals surface area (Å²) in [5.41, 5.74) is 0.593. The molecule has 5 nitrogen and oxygen atoms in total. The molecule has 7 heteroatoms. The highest BCUT2D eigenvalue weighted by Crippen LogP contribution is 2.27. The number of hydrogen-bond acceptors (Lipinski definition) is 4. The van der Waals surface area contributed by atoms with Crippen molar-refractivity contribution >= 4 is 30.6 Å². The van der Waals surface area contributed by atoms with Gasteiger partial charge < -0.3 is 9.72 Å². The fourth-order valence-electron chi connectivity index (χ4n) is 1.29. The number of nitrogens with one attached hydrogen (secondary N) is 1. The van der Waals surface area contributed by atoms with Gasteiger partial charge in [0.15, 0.2) is 0 Å². The first-order valence-corrected chi connectivity index (χ1v) is 6.29. The van der Waals surface area contributed by atoms with Crippen molar-refractivity contribution in [2.24, 2.45) is 0 Å². The van der Waals surface area contributed by atoms with E-state index in [1.54, 1.807) is 0 Å². The molecule has 80 valence electrons. The van der Waals surface area contributed by atoms with E-state index in [4.69, 9.17) is 15.4 Å². The second-order valence-electron chi connectivity index (χ2n) is 2.86. The Balaban J connectivity index is 2.78. The smallest absolute Gasteiger partial charge is 0.263 e. The summed E-state index contributed by atoms with van der Waals surface area (Å²) in [5, 5.41) is 0.469. The number of H-pyrrole nitrogens is 1. The third-order valence-electron chi connectivity index (χ3n) is 1.97. The zero-order valence-corrected chi connectivity index (χ0v) is 9.26. The Kier molecular flexibility index (Phi) is 2.32. The molecule has 0 bridgehead atoms. The zero-order chi connectivity index (χ0) is 11.1. The summed E-state index contributed by atoms with van der Waals surface area (Å²) in [6.45, 7) is 0. The Labute approximate surface area is 90.5 Å². The van der Waals surface area contributed by atoms with Crippen LogP contribution in [0.15, 0.2) is 23.4 Å². The number of ether oxygens (including phenoxy) is 1. The first kappa shape index (κ1) is 10.3. The molecule has 0 spiro atoms. The molecule has 0 amide bonds. The minimum absolute atomic E-state index is 0.0277. The second-order valence-corrected chi connectivity index (χ2v) is 5.40. The number of aromatic nitrogens is 2. The Morgan fingerprint density at radius 2 is 2.27 bits per heavy atom. The molecule has 2 aromatic heterocycles. The van der Waals surface area contributed by atoms with Crippen molar-refractivity contribution in [2.75, 3.05) is 7.11 Å². The van der Waals surface area contributed by atoms with E-state index in [0.29, 0.717) is 16.8 Å². The highest BCUT2D eigenvalue weighted by molar-refractivity contribution is 8.14. The maximum absolute atomic E-state index is 11.2. The molecule has 0 aromatic carbocycles. The number of methoxy groups -OCH3 is 1. The average molecular weight is 247 g/mol. The van der Waals surface area contributed by atoms with Gasteiger partial charge in [0.05, 0.1) is 18.8 Å². The van der Waals surface area contributed by atoms with E-state index in [0.717, 1.165) is 0 Å². The fraction of sp³-hybridized carbons (Fsp3) is 0.125. The minimum Gasteiger partial charge on any atom is -0.481 e. The monoisotopic (exact) mass is 246 g/mol. The maximum Gasteiger partial charge on any atom is 0.263 e. The van der Waals surface area contributed by atoms with Gasteiger partial charge in [-0.05, 0) is 0 Å². The first-order valence-electron chi connectivity index (χ1n) is 3.98. The van der Waals surface area contributed by atoms with Crippen LogP contribution in [0.25, 0.3) is 10.9 Å². The summed E-state index contributed by atoms with van der Waals surface area (Å²) in [5.74, 6) is 0.337. The molecule has 1 N–H and O–H groups in total. The quantitative estimate of drug-likeness (QED) is 0.815. The predicted molar refractivity (Wildman–Crippen MR) is 55.7 cm³/mol. The van der Waals surface area contributed by atoms with Crippen LogP contribution >= 0.6 is 10.7 Å². The summed E-state index contributed by atoms with van der Waals surface area (Å²) in [6, 6.07) is 1.51. The van der Waals surface area contributed by atoms with Crippen molar-refractivity contribution in [2.45, 2.75) is 4.90 Å². The summed E-state index contributed by atoms with van der Waals surface area (Å²) in [7, 11) is 2.97. The molecule has 2 rings (SSSR count). The molecule has 0 radical (unpaired) electrons. The fourth-order valence-corrected chi connectivity index (χ4v) is 2.30. The SMILES string of the molecule is COc1cc2c(S(=O)(=O)Cl)c[nH]c2cn1. The largest absolute Gasteiger partial charge is 0.481 e. The van der Waals surface area contributed by atoms with Crippen molar-refractivity contribution in [3.05, 3.63) is 18.5 Å². The van der Waals surface area contributed by atoms with Gasteiger partial charge >= 0.3 is 0 Å². The van der Waals surface area contributed by atoms with Gasteiger partial charge in [-0.3, -0.25) is 0 Å². The summed E-state index contributed by atoms with van der Waals surface area (Å²) >= 11 is 0. The molecule has 0 aliphatic rings. The highest BCUT2D eigenvalue weighted by Gasteiger charge is 2.16. The van der Waals surface area contributed by atoms with Gasteiger partial charge in [-0.1, -0.05) is 0 Å². The number of halogens is 1. The minimum atomic E-state index is -3.75. The van der Waals surface area contributed by atoms with Crippen LogP contribution < -0.4 is 4.74 Å². The number of fused-ring (bicyclic) bond motifs is 1. The Morgan fingerprint density at radius 1 is 1.53 bits per heavy atom. The van der Waals surface area contributed by atoms with Crippen LogP contribution in [0.5, 0.6) is 5.88 Å². The van der Waals surface area contributed by atoms with Gasteiger partial charge in [-0.15, -0.1) is 0 Å². The van der Waals surface area contributed by atoms with E-state index in [-0.39, 0.29) is 4.90 Å². The lowest BCUT2D eigenvalue weighted by Gasteiger charge is -1.98. The molecule has 15 heavy (non-hydrogen) atoms. The van der Waals surface area contributed by atoms with Crippen LogP contribution in [0.2, 0.25) is 0 Å². The molecule has 0 unspecified atom stereocenters. The third kappa shape index (κ3) is 1.78. The molecular weight excluding hydrogens is 240 g/mol. The standard InChI is InChI=1S/C8H7ClN2O3S/c1-14-8-2-5-6(3-11-8)10-4-7(5)15(9,12)13/h2-4,10H,1H3. The molecule has 0 aliphatic carbocycles. The molecule has 0 atom stereocenters. The average Bonchev–Trinajstić information content (AvgIpc) is 2.59. The highest BCUT2D eigenvalue weighted by atomic mass is 35.7. The van der Waals surface area contributed by atoms with Gasteiger partial charge in [-0.2, -0.15) is 0 Å². The summed E-state index contributed by atoms with van der Waals surface area (Å²) in [6.07, 6.45) is 2.81. The molecule has 0 saturated heterocycles. The van der Waals surface area contributed by atoms with E-state index >= 15 is 0 Å². The van der Waals surface area contributed by atoms with Crippen LogP contribution in [0.3, 0.4) is 0 Å². The van der Waals surface area contributed by atoms with E-state index in [9.17, 15) is 8.42 Å². The molecular formula is C8H7ClN2O3S. The van der Waals surface area contributed by atoms with E-state index in [1.165, 1.54) is 25.6 Å². The normalized spacial score (nSPS) is 11.9. The third-order valence-corrected chi connectivity index (χ3v) is 3.34. The number of aromatic amines is 1. The topological polar surface area (TPSA) is 72.1 Å². The number of pyridine rings is 1. The lowest BCUT2D eigenvalue weighted by molar-refractivity contribution is 0.398. The zero-order valence-electron chi connectivity index (χ0n) is 7.69. The van der Waals surface area contributed by atoms with Gasteiger partial charge in [0.1, 0.15) is 4.90 Å². The summed E-state index contributed by atoms with van der Waals surface area (Å²) < 4.78 is 27.3. The van der Waals surface area contributed by atoms with Crippen LogP contribution in [-0.2, 0) is 9.05 Å². The molecule has 0 aliphatic heterocycles. The summed E-state index contributed by atoms with van der Waals surface area (Å²) in [4.78, 5) is 6.72. The van der Waals surface area contributed by atoms with Crippen molar-refractivity contribution in [3.63, 3.8) is 0 Å². The van der Waals surface area contributed by atoms with Crippen molar-refractivity contribution < 1.29 is 13.2 Å². The van der Waals surface area contributed by atoms with E-state index in [1.807, 2.05) is 0 Å². The Bertz CT molecular complexity index is 605. The van der Waals surface area contributed by atoms with Crippen molar-refractivity contribution in [1.29, 1.82) is 0 Å². The van der Waals surface area contributed by atoms with Crippen LogP contribution in [0.1, 0.15) is 0 Å². The van der Waals surface area contributed by atoms with E-state index in [2.05, 4.69) is 9.97 Å². The maximum atomic E-state index is 11.2. The van der Waals surface area contributed by atoms with E-state index < -0.39 is 9.05 Å². The van der Waals surface area contributed by atoms with Crippen LogP contribution in [0, 0.1) is 0 Å². The Morgan fingerprint density at radius 3 is 2.87 bits per heavy atom. The Hall–Kier alpha value is -1.27. The molecule has 2 heterocycles. The van der Waals surface area contributed by atoms with Gasteiger partial charge in [0.2, 0.25) is 5.88 Å². The number of nitrogens with zero attached hydrogens (tertiary/aromatic N) is 1. The number of hydrogen-bond donors (Lipinski definition) is 1. The predicted octanol–water partition coefficient (Wildman–Crippen LogP) is 1.50. The second kappa shape index (κ2) is 3.39. The molecule has 0 saturated carbocycles.